The van der Waals surface area contributed by atoms with Crippen molar-refractivity contribution in [3.05, 3.63) is 57.6 Å². The van der Waals surface area contributed by atoms with Crippen molar-refractivity contribution in [3.63, 3.8) is 0 Å². The molecule has 0 fully saturated rings. The molecule has 5 nitrogen and oxygen atoms in total. The lowest BCUT2D eigenvalue weighted by Crippen LogP contribution is -2.15. The van der Waals surface area contributed by atoms with Crippen molar-refractivity contribution >= 4 is 23.3 Å². The van der Waals surface area contributed by atoms with E-state index >= 15 is 0 Å². The summed E-state index contributed by atoms with van der Waals surface area (Å²) in [6.45, 7) is 0. The van der Waals surface area contributed by atoms with Gasteiger partial charge in [0.1, 0.15) is 11.0 Å². The van der Waals surface area contributed by atoms with Gasteiger partial charge >= 0.3 is 0 Å². The fourth-order valence-electron chi connectivity index (χ4n) is 1.22. The number of hydrogen-bond acceptors (Lipinski definition) is 3. The standard InChI is InChI=1S/C11H8ClN3O2/c12-8-2-1-3-9(14-8)15-11(17)7-4-5-10(16)13-6-7/h1-6H,(H,13,16)(H,14,15,17). The second-order valence-electron chi connectivity index (χ2n) is 3.24. The van der Waals surface area contributed by atoms with Gasteiger partial charge in [-0.15, -0.1) is 0 Å². The first-order valence-corrected chi connectivity index (χ1v) is 5.15. The zero-order valence-corrected chi connectivity index (χ0v) is 9.36. The number of nitrogens with one attached hydrogen (secondary N) is 2. The maximum absolute atomic E-state index is 11.7. The zero-order chi connectivity index (χ0) is 12.3. The average molecular weight is 250 g/mol. The highest BCUT2D eigenvalue weighted by Crippen LogP contribution is 2.10. The second kappa shape index (κ2) is 4.80. The molecule has 0 radical (unpaired) electrons. The first kappa shape index (κ1) is 11.3. The van der Waals surface area contributed by atoms with E-state index in [0.717, 1.165) is 0 Å². The smallest absolute Gasteiger partial charge is 0.258 e. The van der Waals surface area contributed by atoms with Gasteiger partial charge in [-0.25, -0.2) is 4.98 Å². The van der Waals surface area contributed by atoms with Crippen molar-refractivity contribution in [2.24, 2.45) is 0 Å². The topological polar surface area (TPSA) is 74.8 Å². The number of aromatic amines is 1. The van der Waals surface area contributed by atoms with Crippen molar-refractivity contribution in [1.82, 2.24) is 9.97 Å². The van der Waals surface area contributed by atoms with E-state index in [9.17, 15) is 9.59 Å². The van der Waals surface area contributed by atoms with Crippen LogP contribution >= 0.6 is 11.6 Å². The molecule has 2 aromatic heterocycles. The van der Waals surface area contributed by atoms with Crippen LogP contribution in [0.15, 0.2) is 41.3 Å². The normalized spacial score (nSPS) is 9.94. The van der Waals surface area contributed by atoms with Crippen LogP contribution in [0.3, 0.4) is 0 Å². The summed E-state index contributed by atoms with van der Waals surface area (Å²) in [7, 11) is 0. The van der Waals surface area contributed by atoms with Gasteiger partial charge in [0, 0.05) is 12.3 Å². The SMILES string of the molecule is O=C(Nc1cccc(Cl)n1)c1ccc(=O)[nH]c1. The Kier molecular flexibility index (Phi) is 3.20. The van der Waals surface area contributed by atoms with Crippen molar-refractivity contribution in [2.45, 2.75) is 0 Å². The van der Waals surface area contributed by atoms with Gasteiger partial charge in [-0.3, -0.25) is 9.59 Å². The molecule has 0 aliphatic carbocycles. The number of H-pyrrole nitrogens is 1. The first-order valence-electron chi connectivity index (χ1n) is 4.78. The van der Waals surface area contributed by atoms with Crippen LogP contribution in [0.5, 0.6) is 0 Å². The summed E-state index contributed by atoms with van der Waals surface area (Å²) >= 11 is 5.69. The highest BCUT2D eigenvalue weighted by molar-refractivity contribution is 6.29. The monoisotopic (exact) mass is 249 g/mol. The molecule has 0 bridgehead atoms. The minimum absolute atomic E-state index is 0.262. The first-order chi connectivity index (χ1) is 8.15. The number of aromatic nitrogens is 2. The number of anilines is 1. The van der Waals surface area contributed by atoms with Gasteiger partial charge in [-0.2, -0.15) is 0 Å². The van der Waals surface area contributed by atoms with Crippen molar-refractivity contribution in [3.8, 4) is 0 Å². The molecule has 6 heteroatoms. The lowest BCUT2D eigenvalue weighted by molar-refractivity contribution is 0.102. The van der Waals surface area contributed by atoms with Crippen LogP contribution in [-0.4, -0.2) is 15.9 Å². The molecule has 0 saturated heterocycles. The summed E-state index contributed by atoms with van der Waals surface area (Å²) in [6.07, 6.45) is 1.34. The molecule has 17 heavy (non-hydrogen) atoms. The average Bonchev–Trinajstić information content (AvgIpc) is 2.29. The fraction of sp³-hybridized carbons (Fsp3) is 0. The molecule has 0 spiro atoms. The summed E-state index contributed by atoms with van der Waals surface area (Å²) in [5.74, 6) is -0.00952. The van der Waals surface area contributed by atoms with E-state index in [2.05, 4.69) is 15.3 Å². The Morgan fingerprint density at radius 1 is 1.29 bits per heavy atom. The van der Waals surface area contributed by atoms with E-state index in [1.54, 1.807) is 18.2 Å². The number of pyridine rings is 2. The lowest BCUT2D eigenvalue weighted by Gasteiger charge is -2.03. The summed E-state index contributed by atoms with van der Waals surface area (Å²) in [5, 5.41) is 2.86. The van der Waals surface area contributed by atoms with Gasteiger partial charge in [0.2, 0.25) is 5.56 Å². The van der Waals surface area contributed by atoms with Crippen LogP contribution in [0, 0.1) is 0 Å². The van der Waals surface area contributed by atoms with E-state index < -0.39 is 0 Å². The molecule has 1 amide bonds. The van der Waals surface area contributed by atoms with Crippen molar-refractivity contribution in [2.75, 3.05) is 5.32 Å². The number of rotatable bonds is 2. The predicted molar refractivity (Wildman–Crippen MR) is 64.3 cm³/mol. The Balaban J connectivity index is 2.17. The minimum atomic E-state index is -0.365. The highest BCUT2D eigenvalue weighted by Gasteiger charge is 2.06. The van der Waals surface area contributed by atoms with Crippen LogP contribution in [0.4, 0.5) is 5.82 Å². The molecule has 0 aliphatic heterocycles. The van der Waals surface area contributed by atoms with E-state index in [-0.39, 0.29) is 11.5 Å². The number of nitrogens with zero attached hydrogens (tertiary/aromatic N) is 1. The quantitative estimate of drug-likeness (QED) is 0.795. The molecule has 0 atom stereocenters. The van der Waals surface area contributed by atoms with Gasteiger partial charge in [0.25, 0.3) is 5.91 Å². The molecule has 0 saturated carbocycles. The number of hydrogen-bond donors (Lipinski definition) is 2. The summed E-state index contributed by atoms with van der Waals surface area (Å²) < 4.78 is 0. The Morgan fingerprint density at radius 3 is 2.76 bits per heavy atom. The molecule has 2 rings (SSSR count). The Hall–Kier alpha value is -2.14. The zero-order valence-electron chi connectivity index (χ0n) is 8.61. The summed E-state index contributed by atoms with van der Waals surface area (Å²) in [4.78, 5) is 28.9. The highest BCUT2D eigenvalue weighted by atomic mass is 35.5. The molecular formula is C11H8ClN3O2. The predicted octanol–water partition coefficient (Wildman–Crippen LogP) is 1.68. The van der Waals surface area contributed by atoms with E-state index in [1.807, 2.05) is 0 Å². The Morgan fingerprint density at radius 2 is 2.12 bits per heavy atom. The number of carbonyl (C=O) groups is 1. The molecule has 2 aromatic rings. The maximum Gasteiger partial charge on any atom is 0.258 e. The molecular weight excluding hydrogens is 242 g/mol. The van der Waals surface area contributed by atoms with Crippen LogP contribution in [0.25, 0.3) is 0 Å². The van der Waals surface area contributed by atoms with Crippen molar-refractivity contribution < 1.29 is 4.79 Å². The summed E-state index contributed by atoms with van der Waals surface area (Å²) in [6, 6.07) is 7.61. The molecule has 0 aliphatic rings. The van der Waals surface area contributed by atoms with Gasteiger partial charge in [0.05, 0.1) is 5.56 Å². The largest absolute Gasteiger partial charge is 0.328 e. The van der Waals surface area contributed by atoms with Crippen LogP contribution in [-0.2, 0) is 0 Å². The third kappa shape index (κ3) is 2.92. The Bertz CT molecular complexity index is 589. The number of amides is 1. The number of halogens is 1. The number of carbonyl (C=O) groups excluding carboxylic acids is 1. The molecule has 86 valence electrons. The summed E-state index contributed by atoms with van der Waals surface area (Å²) in [5.41, 5.74) is 0.0776. The fourth-order valence-corrected chi connectivity index (χ4v) is 1.38. The van der Waals surface area contributed by atoms with Crippen LogP contribution in [0.1, 0.15) is 10.4 Å². The van der Waals surface area contributed by atoms with Crippen LogP contribution in [0.2, 0.25) is 5.15 Å². The third-order valence-corrected chi connectivity index (χ3v) is 2.21. The van der Waals surface area contributed by atoms with Gasteiger partial charge < -0.3 is 10.3 Å². The van der Waals surface area contributed by atoms with E-state index in [1.165, 1.54) is 18.3 Å². The Labute approximate surface area is 101 Å². The molecule has 0 unspecified atom stereocenters. The minimum Gasteiger partial charge on any atom is -0.328 e. The van der Waals surface area contributed by atoms with E-state index in [4.69, 9.17) is 11.6 Å². The molecule has 2 N–H and O–H groups in total. The van der Waals surface area contributed by atoms with E-state index in [0.29, 0.717) is 16.5 Å². The third-order valence-electron chi connectivity index (χ3n) is 2.00. The van der Waals surface area contributed by atoms with Gasteiger partial charge in [0.15, 0.2) is 0 Å². The van der Waals surface area contributed by atoms with Crippen molar-refractivity contribution in [1.29, 1.82) is 0 Å². The maximum atomic E-state index is 11.7. The molecule has 2 heterocycles. The van der Waals surface area contributed by atoms with Gasteiger partial charge in [-0.05, 0) is 18.2 Å². The second-order valence-corrected chi connectivity index (χ2v) is 3.63. The van der Waals surface area contributed by atoms with Gasteiger partial charge in [-0.1, -0.05) is 17.7 Å². The van der Waals surface area contributed by atoms with Crippen LogP contribution < -0.4 is 10.9 Å². The molecule has 0 aromatic carbocycles. The lowest BCUT2D eigenvalue weighted by atomic mass is 10.2.